The number of aliphatic carboxylic acids is 1. The molecule has 0 radical (unpaired) electrons. The smallest absolute Gasteiger partial charge is 0.303 e. The predicted octanol–water partition coefficient (Wildman–Crippen LogP) is 4.98. The van der Waals surface area contributed by atoms with Crippen LogP contribution in [0.1, 0.15) is 82.8 Å². The van der Waals surface area contributed by atoms with Gasteiger partial charge in [-0.1, -0.05) is 52.0 Å². The average molecular weight is 451 g/mol. The number of hydrogen-bond donors (Lipinski definition) is 2. The van der Waals surface area contributed by atoms with E-state index < -0.39 is 5.97 Å². The van der Waals surface area contributed by atoms with Crippen LogP contribution >= 0.6 is 0 Å². The van der Waals surface area contributed by atoms with Gasteiger partial charge in [-0.3, -0.25) is 9.59 Å². The largest absolute Gasteiger partial charge is 0.481 e. The zero-order valence-electron chi connectivity index (χ0n) is 20.0. The van der Waals surface area contributed by atoms with Gasteiger partial charge in [-0.15, -0.1) is 5.10 Å². The molecule has 4 rings (SSSR count). The lowest BCUT2D eigenvalue weighted by Crippen LogP contribution is -2.26. The molecule has 0 atom stereocenters. The molecule has 0 aliphatic heterocycles. The molecule has 3 aromatic rings. The summed E-state index contributed by atoms with van der Waals surface area (Å²) >= 11 is 0. The second-order valence-electron chi connectivity index (χ2n) is 10.3. The highest BCUT2D eigenvalue weighted by Crippen LogP contribution is 2.43. The van der Waals surface area contributed by atoms with Crippen LogP contribution in [0.25, 0.3) is 16.9 Å². The fourth-order valence-corrected chi connectivity index (χ4v) is 5.03. The highest BCUT2D eigenvalue weighted by atomic mass is 16.4. The number of aryl methyl sites for hydroxylation is 2. The van der Waals surface area contributed by atoms with Crippen LogP contribution in [0.15, 0.2) is 29.1 Å². The molecular weight excluding hydrogens is 416 g/mol. The summed E-state index contributed by atoms with van der Waals surface area (Å²) in [7, 11) is 0. The topological polar surface area (TPSA) is 100 Å². The molecule has 0 spiro atoms. The number of carboxylic acids is 1. The maximum Gasteiger partial charge on any atom is 0.303 e. The summed E-state index contributed by atoms with van der Waals surface area (Å²) < 4.78 is 1.79. The van der Waals surface area contributed by atoms with Gasteiger partial charge in [0.15, 0.2) is 11.3 Å². The molecule has 1 saturated carbocycles. The minimum absolute atomic E-state index is 0.0933. The Morgan fingerprint density at radius 3 is 2.39 bits per heavy atom. The van der Waals surface area contributed by atoms with E-state index in [2.05, 4.69) is 25.8 Å². The monoisotopic (exact) mass is 450 g/mol. The normalized spacial score (nSPS) is 19.2. The number of carbonyl (C=O) groups is 1. The van der Waals surface area contributed by atoms with Crippen molar-refractivity contribution in [2.75, 3.05) is 0 Å². The van der Waals surface area contributed by atoms with Crippen LogP contribution in [-0.2, 0) is 17.6 Å². The minimum Gasteiger partial charge on any atom is -0.481 e. The third-order valence-electron chi connectivity index (χ3n) is 7.11. The molecule has 33 heavy (non-hydrogen) atoms. The van der Waals surface area contributed by atoms with Gasteiger partial charge in [-0.2, -0.15) is 0 Å². The van der Waals surface area contributed by atoms with Gasteiger partial charge in [0.1, 0.15) is 5.82 Å². The van der Waals surface area contributed by atoms with Crippen molar-refractivity contribution >= 4 is 11.5 Å². The number of H-pyrrole nitrogens is 1. The second kappa shape index (κ2) is 9.12. The predicted molar refractivity (Wildman–Crippen MR) is 129 cm³/mol. The minimum atomic E-state index is -0.813. The fourth-order valence-electron chi connectivity index (χ4n) is 5.03. The lowest BCUT2D eigenvalue weighted by molar-refractivity contribution is -0.136. The van der Waals surface area contributed by atoms with E-state index in [9.17, 15) is 9.59 Å². The summed E-state index contributed by atoms with van der Waals surface area (Å²) in [6.07, 6.45) is 5.70. The van der Waals surface area contributed by atoms with Crippen molar-refractivity contribution < 1.29 is 9.90 Å². The Hall–Kier alpha value is -2.96. The van der Waals surface area contributed by atoms with Gasteiger partial charge >= 0.3 is 5.97 Å². The second-order valence-corrected chi connectivity index (χ2v) is 10.3. The first-order valence-electron chi connectivity index (χ1n) is 12.0. The van der Waals surface area contributed by atoms with Gasteiger partial charge < -0.3 is 10.1 Å². The number of aromatic amines is 1. The summed E-state index contributed by atoms with van der Waals surface area (Å²) in [4.78, 5) is 31.7. The van der Waals surface area contributed by atoms with Crippen molar-refractivity contribution in [3.8, 4) is 11.4 Å². The van der Waals surface area contributed by atoms with Crippen LogP contribution < -0.4 is 5.56 Å². The van der Waals surface area contributed by atoms with E-state index in [1.165, 1.54) is 12.8 Å². The Morgan fingerprint density at radius 2 is 1.82 bits per heavy atom. The van der Waals surface area contributed by atoms with Gasteiger partial charge in [0.25, 0.3) is 5.56 Å². The number of hydrogen-bond acceptors (Lipinski definition) is 4. The third kappa shape index (κ3) is 4.87. The van der Waals surface area contributed by atoms with Crippen molar-refractivity contribution in [2.45, 2.75) is 78.6 Å². The van der Waals surface area contributed by atoms with Gasteiger partial charge in [0.2, 0.25) is 0 Å². The molecule has 0 unspecified atom stereocenters. The maximum atomic E-state index is 13.1. The Labute approximate surface area is 194 Å². The molecule has 1 aliphatic rings. The Bertz CT molecular complexity index is 1190. The van der Waals surface area contributed by atoms with E-state index in [0.717, 1.165) is 35.5 Å². The summed E-state index contributed by atoms with van der Waals surface area (Å²) in [5.41, 5.74) is 3.22. The quantitative estimate of drug-likeness (QED) is 0.551. The van der Waals surface area contributed by atoms with Gasteiger partial charge in [0.05, 0.1) is 5.69 Å². The first kappa shape index (κ1) is 23.2. The Balaban J connectivity index is 1.67. The molecule has 2 N–H and O–H groups in total. The first-order valence-corrected chi connectivity index (χ1v) is 12.0. The summed E-state index contributed by atoms with van der Waals surface area (Å²) in [6, 6.07) is 7.55. The summed E-state index contributed by atoms with van der Waals surface area (Å²) in [5.74, 6) is 1.60. The van der Waals surface area contributed by atoms with Crippen molar-refractivity contribution in [3.05, 3.63) is 51.7 Å². The molecule has 1 fully saturated rings. The molecule has 0 bridgehead atoms. The van der Waals surface area contributed by atoms with E-state index in [1.54, 1.807) is 4.52 Å². The Kier molecular flexibility index (Phi) is 6.41. The van der Waals surface area contributed by atoms with E-state index in [1.807, 2.05) is 31.2 Å². The number of benzene rings is 1. The number of fused-ring (bicyclic) bond motifs is 1. The molecular formula is C26H34N4O3. The number of nitrogens with one attached hydrogen (secondary N) is 1. The average Bonchev–Trinajstić information content (AvgIpc) is 3.17. The van der Waals surface area contributed by atoms with Crippen molar-refractivity contribution in [1.82, 2.24) is 19.6 Å². The van der Waals surface area contributed by atoms with E-state index in [0.29, 0.717) is 41.4 Å². The molecule has 7 nitrogen and oxygen atoms in total. The van der Waals surface area contributed by atoms with Crippen molar-refractivity contribution in [1.29, 1.82) is 0 Å². The molecule has 0 amide bonds. The maximum absolute atomic E-state index is 13.1. The van der Waals surface area contributed by atoms with Gasteiger partial charge in [-0.05, 0) is 55.4 Å². The summed E-state index contributed by atoms with van der Waals surface area (Å²) in [5, 5.41) is 13.7. The molecule has 2 aromatic heterocycles. The van der Waals surface area contributed by atoms with Crippen LogP contribution in [0.2, 0.25) is 0 Å². The van der Waals surface area contributed by atoms with Crippen LogP contribution in [0.5, 0.6) is 0 Å². The lowest BCUT2D eigenvalue weighted by atomic mass is 9.70. The van der Waals surface area contributed by atoms with Crippen molar-refractivity contribution in [3.63, 3.8) is 0 Å². The zero-order chi connectivity index (χ0) is 23.8. The van der Waals surface area contributed by atoms with E-state index >= 15 is 0 Å². The standard InChI is InChI=1S/C26H34N4O3/c1-5-20-22-25(33)28-23(17-9-6-16(7-10-17)8-15-21(31)32)29-30(22)24(27-20)18-11-13-19(14-12-18)26(2,3)4/h6-7,9-10,18-19H,5,8,11-15H2,1-4H3,(H,31,32)(H,28,29,33)/t18-,19+. The van der Waals surface area contributed by atoms with Crippen LogP contribution in [0.3, 0.4) is 0 Å². The van der Waals surface area contributed by atoms with E-state index in [-0.39, 0.29) is 12.0 Å². The Morgan fingerprint density at radius 1 is 1.15 bits per heavy atom. The van der Waals surface area contributed by atoms with Gasteiger partial charge in [0, 0.05) is 17.9 Å². The molecule has 2 heterocycles. The van der Waals surface area contributed by atoms with Crippen LogP contribution in [0.4, 0.5) is 0 Å². The van der Waals surface area contributed by atoms with Crippen molar-refractivity contribution in [2.24, 2.45) is 11.3 Å². The fraction of sp³-hybridized carbons (Fsp3) is 0.538. The van der Waals surface area contributed by atoms with Crippen LogP contribution in [-0.4, -0.2) is 30.7 Å². The van der Waals surface area contributed by atoms with E-state index in [4.69, 9.17) is 15.2 Å². The number of carboxylic acid groups (broad SMARTS) is 1. The van der Waals surface area contributed by atoms with Crippen LogP contribution in [0, 0.1) is 11.3 Å². The number of aromatic nitrogens is 4. The SMILES string of the molecule is CCc1nc([C@H]2CC[C@@H](C(C)(C)C)CC2)n2nc(-c3ccc(CCC(=O)O)cc3)[nH]c(=O)c12. The number of rotatable bonds is 6. The lowest BCUT2D eigenvalue weighted by Gasteiger charge is -2.36. The zero-order valence-corrected chi connectivity index (χ0v) is 20.0. The highest BCUT2D eigenvalue weighted by molar-refractivity contribution is 5.67. The third-order valence-corrected chi connectivity index (χ3v) is 7.11. The number of nitrogens with zero attached hydrogens (tertiary/aromatic N) is 3. The molecule has 176 valence electrons. The molecule has 1 aromatic carbocycles. The molecule has 0 saturated heterocycles. The molecule has 1 aliphatic carbocycles. The van der Waals surface area contributed by atoms with Gasteiger partial charge in [-0.25, -0.2) is 9.50 Å². The molecule has 7 heteroatoms. The first-order chi connectivity index (χ1) is 15.7. The summed E-state index contributed by atoms with van der Waals surface area (Å²) in [6.45, 7) is 8.97. The highest BCUT2D eigenvalue weighted by Gasteiger charge is 2.32. The number of imidazole rings is 1.